The van der Waals surface area contributed by atoms with E-state index < -0.39 is 40.6 Å². The van der Waals surface area contributed by atoms with E-state index in [2.05, 4.69) is 16.1 Å². The Morgan fingerprint density at radius 2 is 1.40 bits per heavy atom. The molecule has 0 unspecified atom stereocenters. The Morgan fingerprint density at radius 1 is 0.762 bits per heavy atom. The highest BCUT2D eigenvalue weighted by Crippen LogP contribution is 2.34. The molecule has 4 aromatic rings. The third-order valence-electron chi connectivity index (χ3n) is 5.82. The van der Waals surface area contributed by atoms with Gasteiger partial charge in [-0.2, -0.15) is 8.42 Å². The molecule has 15 nitrogen and oxygen atoms in total. The summed E-state index contributed by atoms with van der Waals surface area (Å²) >= 11 is 0. The number of quaternary nitrogens is 1. The van der Waals surface area contributed by atoms with Crippen molar-refractivity contribution in [2.24, 2.45) is 0 Å². The molecule has 17 heteroatoms. The van der Waals surface area contributed by atoms with Crippen molar-refractivity contribution in [1.82, 2.24) is 0 Å². The second-order valence-corrected chi connectivity index (χ2v) is 11.8. The van der Waals surface area contributed by atoms with Gasteiger partial charge in [-0.3, -0.25) is 9.12 Å². The number of amides is 2. The standard InChI is InChI=1S/C25H21N4O11PS/c30-23(31)13-8-14(24(32)33)10-16(9-13)28-29-22-7-6-21(19-5-4-18(12-20(19)22)42(38,39)40)27-25(34)26-15-2-1-3-17(11-15)41(35,36)37/h1-12,28-29H,(H,30,31)(H,32,33)(H2,26,27,34)(H2,35,36,37)(H,38,39,40)/p+1. The summed E-state index contributed by atoms with van der Waals surface area (Å²) in [6, 6.07) is 14.1. The van der Waals surface area contributed by atoms with Crippen LogP contribution in [0.1, 0.15) is 20.7 Å². The van der Waals surface area contributed by atoms with Crippen LogP contribution in [0.2, 0.25) is 0 Å². The molecule has 0 radical (unpaired) electrons. The Hall–Kier alpha value is -4.83. The van der Waals surface area contributed by atoms with Crippen molar-refractivity contribution in [3.8, 4) is 0 Å². The number of urea groups is 1. The Bertz CT molecular complexity index is 1880. The summed E-state index contributed by atoms with van der Waals surface area (Å²) in [5.74, 6) is -2.70. The molecule has 10 N–H and O–H groups in total. The molecule has 0 aliphatic rings. The lowest BCUT2D eigenvalue weighted by Crippen LogP contribution is -2.82. The summed E-state index contributed by atoms with van der Waals surface area (Å²) in [4.78, 5) is 53.8. The van der Waals surface area contributed by atoms with Gasteiger partial charge in [0.05, 0.1) is 32.7 Å². The first-order valence-corrected chi connectivity index (χ1v) is 14.7. The Kier molecular flexibility index (Phi) is 8.31. The van der Waals surface area contributed by atoms with Crippen LogP contribution >= 0.6 is 7.60 Å². The molecule has 42 heavy (non-hydrogen) atoms. The summed E-state index contributed by atoms with van der Waals surface area (Å²) in [5.41, 5.74) is 4.29. The molecular weight excluding hydrogens is 595 g/mol. The molecule has 2 amide bonds. The van der Waals surface area contributed by atoms with Gasteiger partial charge in [-0.15, -0.1) is 0 Å². The average Bonchev–Trinajstić information content (AvgIpc) is 2.91. The predicted molar refractivity (Wildman–Crippen MR) is 150 cm³/mol. The van der Waals surface area contributed by atoms with E-state index in [-0.39, 0.29) is 44.6 Å². The fourth-order valence-corrected chi connectivity index (χ4v) is 5.01. The minimum Gasteiger partial charge on any atom is -0.478 e. The summed E-state index contributed by atoms with van der Waals surface area (Å²) in [6.07, 6.45) is 0. The van der Waals surface area contributed by atoms with E-state index in [1.807, 2.05) is 0 Å². The minimum atomic E-state index is -4.63. The van der Waals surface area contributed by atoms with Crippen molar-refractivity contribution >= 4 is 74.5 Å². The monoisotopic (exact) mass is 617 g/mol. The zero-order valence-corrected chi connectivity index (χ0v) is 22.8. The summed E-state index contributed by atoms with van der Waals surface area (Å²) in [5, 5.41) is 23.8. The van der Waals surface area contributed by atoms with Crippen molar-refractivity contribution in [3.05, 3.63) is 83.9 Å². The number of fused-ring (bicyclic) bond motifs is 1. The van der Waals surface area contributed by atoms with Gasteiger partial charge in [0.1, 0.15) is 0 Å². The molecule has 0 saturated heterocycles. The van der Waals surface area contributed by atoms with Crippen LogP contribution in [-0.2, 0) is 14.7 Å². The van der Waals surface area contributed by atoms with Crippen molar-refractivity contribution in [1.29, 1.82) is 0 Å². The molecule has 0 spiro atoms. The smallest absolute Gasteiger partial charge is 0.356 e. The first kappa shape index (κ1) is 30.1. The van der Waals surface area contributed by atoms with E-state index in [1.165, 1.54) is 54.0 Å². The number of nitrogens with two attached hydrogens (primary N) is 1. The quantitative estimate of drug-likeness (QED) is 0.0430. The molecule has 0 aliphatic carbocycles. The third-order valence-corrected chi connectivity index (χ3v) is 7.62. The van der Waals surface area contributed by atoms with E-state index in [9.17, 15) is 51.9 Å². The number of rotatable bonds is 9. The molecule has 218 valence electrons. The maximum absolute atomic E-state index is 12.7. The average molecular weight is 618 g/mol. The SMILES string of the molecule is O=C(Nc1cccc(P(=O)(O)O)c1)Nc1ccc(N[NH2+]c2cc(C(=O)O)cc(C(=O)O)c2)c2cc(S(=O)(=O)O)ccc12. The first-order chi connectivity index (χ1) is 19.6. The number of carboxylic acids is 2. The van der Waals surface area contributed by atoms with Crippen LogP contribution < -0.4 is 26.8 Å². The number of carbonyl (C=O) groups is 3. The van der Waals surface area contributed by atoms with Crippen LogP contribution in [0, 0.1) is 0 Å². The molecule has 0 heterocycles. The molecule has 4 aromatic carbocycles. The zero-order valence-electron chi connectivity index (χ0n) is 21.0. The van der Waals surface area contributed by atoms with Crippen LogP contribution in [0.4, 0.5) is 27.5 Å². The second-order valence-electron chi connectivity index (χ2n) is 8.76. The number of hydrogen-bond donors (Lipinski definition) is 9. The van der Waals surface area contributed by atoms with Gasteiger partial charge < -0.3 is 30.6 Å². The van der Waals surface area contributed by atoms with Crippen LogP contribution in [0.3, 0.4) is 0 Å². The highest BCUT2D eigenvalue weighted by Gasteiger charge is 2.19. The normalized spacial score (nSPS) is 11.6. The van der Waals surface area contributed by atoms with Crippen molar-refractivity contribution < 1.29 is 57.3 Å². The second kappa shape index (κ2) is 11.6. The fourth-order valence-electron chi connectivity index (χ4n) is 3.92. The lowest BCUT2D eigenvalue weighted by Gasteiger charge is -2.15. The maximum Gasteiger partial charge on any atom is 0.356 e. The number of aromatic carboxylic acids is 2. The van der Waals surface area contributed by atoms with Crippen LogP contribution in [0.5, 0.6) is 0 Å². The van der Waals surface area contributed by atoms with Crippen molar-refractivity contribution in [2.45, 2.75) is 4.90 Å². The number of nitrogens with one attached hydrogen (secondary N) is 3. The third kappa shape index (κ3) is 7.08. The Labute approximate surface area is 236 Å². The van der Waals surface area contributed by atoms with Gasteiger partial charge in [0.15, 0.2) is 5.69 Å². The summed E-state index contributed by atoms with van der Waals surface area (Å²) in [7, 11) is -9.20. The molecule has 0 fully saturated rings. The predicted octanol–water partition coefficient (Wildman–Crippen LogP) is 2.15. The van der Waals surface area contributed by atoms with Crippen LogP contribution in [-0.4, -0.2) is 50.9 Å². The van der Waals surface area contributed by atoms with Gasteiger partial charge in [-0.05, 0) is 48.5 Å². The molecule has 4 rings (SSSR count). The molecule has 0 aliphatic heterocycles. The van der Waals surface area contributed by atoms with Crippen LogP contribution in [0.25, 0.3) is 10.8 Å². The molecule has 0 aromatic heterocycles. The highest BCUT2D eigenvalue weighted by molar-refractivity contribution is 7.85. The van der Waals surface area contributed by atoms with Gasteiger partial charge >= 0.3 is 25.6 Å². The zero-order chi connectivity index (χ0) is 30.8. The van der Waals surface area contributed by atoms with E-state index >= 15 is 0 Å². The molecule has 0 bridgehead atoms. The summed E-state index contributed by atoms with van der Waals surface area (Å²) in [6.45, 7) is 0. The van der Waals surface area contributed by atoms with E-state index in [1.54, 1.807) is 0 Å². The van der Waals surface area contributed by atoms with Crippen molar-refractivity contribution in [2.75, 3.05) is 16.1 Å². The number of hydrogen-bond acceptors (Lipinski definition) is 7. The molecule has 0 saturated carbocycles. The number of benzene rings is 4. The minimum absolute atomic E-state index is 0.0866. The van der Waals surface area contributed by atoms with E-state index in [0.29, 0.717) is 5.39 Å². The number of nitrogen functional groups attached to an aromatic ring is 1. The Balaban J connectivity index is 1.67. The Morgan fingerprint density at radius 3 is 2.00 bits per heavy atom. The van der Waals surface area contributed by atoms with Gasteiger partial charge in [0.25, 0.3) is 10.1 Å². The number of carboxylic acid groups (broad SMARTS) is 2. The lowest BCUT2D eigenvalue weighted by molar-refractivity contribution is -0.538. The largest absolute Gasteiger partial charge is 0.478 e. The fraction of sp³-hybridized carbons (Fsp3) is 0. The molecular formula is C25H22N4O11PS+. The topological polar surface area (TPSA) is 256 Å². The molecule has 0 atom stereocenters. The first-order valence-electron chi connectivity index (χ1n) is 11.6. The lowest BCUT2D eigenvalue weighted by atomic mass is 10.1. The van der Waals surface area contributed by atoms with Crippen molar-refractivity contribution in [3.63, 3.8) is 0 Å². The van der Waals surface area contributed by atoms with Gasteiger partial charge in [0.2, 0.25) is 0 Å². The van der Waals surface area contributed by atoms with Gasteiger partial charge in [-0.25, -0.2) is 25.2 Å². The van der Waals surface area contributed by atoms with E-state index in [0.717, 1.165) is 24.3 Å². The highest BCUT2D eigenvalue weighted by atomic mass is 32.2. The van der Waals surface area contributed by atoms with Crippen LogP contribution in [0.15, 0.2) is 77.7 Å². The van der Waals surface area contributed by atoms with Gasteiger partial charge in [-0.1, -0.05) is 12.1 Å². The number of carbonyl (C=O) groups excluding carboxylic acids is 1. The number of anilines is 3. The maximum atomic E-state index is 12.7. The summed E-state index contributed by atoms with van der Waals surface area (Å²) < 4.78 is 44.7. The van der Waals surface area contributed by atoms with E-state index in [4.69, 9.17) is 0 Å². The van der Waals surface area contributed by atoms with Gasteiger partial charge in [0, 0.05) is 28.6 Å².